The molecule has 1 unspecified atom stereocenters. The van der Waals surface area contributed by atoms with Crippen molar-refractivity contribution in [2.75, 3.05) is 26.2 Å². The summed E-state index contributed by atoms with van der Waals surface area (Å²) in [6.45, 7) is 2.62. The van der Waals surface area contributed by atoms with Crippen molar-refractivity contribution in [1.82, 2.24) is 15.1 Å². The van der Waals surface area contributed by atoms with E-state index in [1.54, 1.807) is 30.3 Å². The highest BCUT2D eigenvalue weighted by atomic mass is 35.5. The number of benzene rings is 1. The van der Waals surface area contributed by atoms with E-state index in [1.807, 2.05) is 21.2 Å². The van der Waals surface area contributed by atoms with Crippen LogP contribution in [-0.4, -0.2) is 59.7 Å². The Labute approximate surface area is 197 Å². The number of piperidine rings is 2. The maximum Gasteiger partial charge on any atom is 0.262 e. The van der Waals surface area contributed by atoms with Crippen LogP contribution in [0.2, 0.25) is 5.02 Å². The second-order valence-corrected chi connectivity index (χ2v) is 9.84. The first kappa shape index (κ1) is 22.8. The van der Waals surface area contributed by atoms with Gasteiger partial charge in [0.15, 0.2) is 0 Å². The van der Waals surface area contributed by atoms with Crippen LogP contribution in [0, 0.1) is 5.92 Å². The van der Waals surface area contributed by atoms with E-state index >= 15 is 0 Å². The van der Waals surface area contributed by atoms with Crippen LogP contribution >= 0.6 is 22.9 Å². The van der Waals surface area contributed by atoms with Crippen molar-refractivity contribution in [3.8, 4) is 0 Å². The minimum absolute atomic E-state index is 0.00241. The average molecular weight is 474 g/mol. The summed E-state index contributed by atoms with van der Waals surface area (Å²) < 4.78 is 0. The molecule has 32 heavy (non-hydrogen) atoms. The van der Waals surface area contributed by atoms with Crippen molar-refractivity contribution in [2.45, 2.75) is 38.1 Å². The van der Waals surface area contributed by atoms with Gasteiger partial charge in [-0.05, 0) is 73.7 Å². The molecule has 8 heteroatoms. The van der Waals surface area contributed by atoms with Gasteiger partial charge >= 0.3 is 0 Å². The van der Waals surface area contributed by atoms with Crippen molar-refractivity contribution in [2.24, 2.45) is 5.92 Å². The lowest BCUT2D eigenvalue weighted by Gasteiger charge is -2.38. The molecule has 2 saturated heterocycles. The predicted molar refractivity (Wildman–Crippen MR) is 126 cm³/mol. The van der Waals surface area contributed by atoms with Crippen LogP contribution in [0.5, 0.6) is 0 Å². The normalized spacial score (nSPS) is 18.3. The van der Waals surface area contributed by atoms with Gasteiger partial charge in [-0.15, -0.1) is 11.3 Å². The van der Waals surface area contributed by atoms with Gasteiger partial charge in [0.2, 0.25) is 5.91 Å². The third kappa shape index (κ3) is 5.33. The van der Waals surface area contributed by atoms with Crippen molar-refractivity contribution < 1.29 is 14.4 Å². The van der Waals surface area contributed by atoms with Gasteiger partial charge in [0.25, 0.3) is 11.8 Å². The molecule has 4 rings (SSSR count). The van der Waals surface area contributed by atoms with Crippen LogP contribution in [0.25, 0.3) is 0 Å². The van der Waals surface area contributed by atoms with E-state index < -0.39 is 6.04 Å². The molecule has 2 aliphatic rings. The number of carbonyl (C=O) groups excluding carboxylic acids is 3. The fraction of sp³-hybridized carbons (Fsp3) is 0.458. The molecule has 0 bridgehead atoms. The van der Waals surface area contributed by atoms with Gasteiger partial charge in [-0.1, -0.05) is 17.7 Å². The van der Waals surface area contributed by atoms with E-state index in [9.17, 15) is 14.4 Å². The first-order chi connectivity index (χ1) is 15.5. The molecule has 0 aliphatic carbocycles. The molecule has 0 radical (unpaired) electrons. The second kappa shape index (κ2) is 10.5. The summed E-state index contributed by atoms with van der Waals surface area (Å²) >= 11 is 7.30. The molecule has 1 aromatic heterocycles. The lowest BCUT2D eigenvalue weighted by atomic mass is 9.87. The molecule has 170 valence electrons. The zero-order valence-electron chi connectivity index (χ0n) is 18.0. The number of nitrogens with one attached hydrogen (secondary N) is 1. The summed E-state index contributed by atoms with van der Waals surface area (Å²) in [5.41, 5.74) is 0.611. The largest absolute Gasteiger partial charge is 0.341 e. The Morgan fingerprint density at radius 1 is 0.938 bits per heavy atom. The van der Waals surface area contributed by atoms with Crippen LogP contribution in [0.4, 0.5) is 0 Å². The van der Waals surface area contributed by atoms with Gasteiger partial charge < -0.3 is 15.1 Å². The number of halogens is 1. The van der Waals surface area contributed by atoms with Gasteiger partial charge in [-0.2, -0.15) is 0 Å². The summed E-state index contributed by atoms with van der Waals surface area (Å²) in [4.78, 5) is 43.3. The number of rotatable bonds is 5. The van der Waals surface area contributed by atoms with Crippen molar-refractivity contribution in [3.05, 3.63) is 57.2 Å². The maximum absolute atomic E-state index is 13.4. The fourth-order valence-electron chi connectivity index (χ4n) is 4.52. The molecule has 2 aliphatic heterocycles. The molecule has 3 amide bonds. The Hall–Kier alpha value is -2.38. The summed E-state index contributed by atoms with van der Waals surface area (Å²) in [5.74, 6) is -0.212. The van der Waals surface area contributed by atoms with Crippen molar-refractivity contribution in [3.63, 3.8) is 0 Å². The highest BCUT2D eigenvalue weighted by Gasteiger charge is 2.36. The first-order valence-corrected chi connectivity index (χ1v) is 12.5. The number of thiophene rings is 1. The average Bonchev–Trinajstić information content (AvgIpc) is 3.38. The predicted octanol–water partition coefficient (Wildman–Crippen LogP) is 4.06. The van der Waals surface area contributed by atoms with Gasteiger partial charge in [-0.25, -0.2) is 0 Å². The summed E-state index contributed by atoms with van der Waals surface area (Å²) in [6.07, 6.45) is 4.50. The lowest BCUT2D eigenvalue weighted by molar-refractivity contribution is -0.136. The lowest BCUT2D eigenvalue weighted by Crippen LogP contribution is -2.55. The van der Waals surface area contributed by atoms with Gasteiger partial charge in [0.05, 0.1) is 4.88 Å². The van der Waals surface area contributed by atoms with Gasteiger partial charge in [0.1, 0.15) is 6.04 Å². The third-order valence-electron chi connectivity index (χ3n) is 6.35. The van der Waals surface area contributed by atoms with Crippen LogP contribution in [0.3, 0.4) is 0 Å². The monoisotopic (exact) mass is 473 g/mol. The zero-order chi connectivity index (χ0) is 22.5. The highest BCUT2D eigenvalue weighted by Crippen LogP contribution is 2.25. The van der Waals surface area contributed by atoms with Gasteiger partial charge in [0, 0.05) is 36.8 Å². The minimum atomic E-state index is -0.560. The molecule has 1 aromatic carbocycles. The quantitative estimate of drug-likeness (QED) is 0.711. The topological polar surface area (TPSA) is 69.7 Å². The van der Waals surface area contributed by atoms with E-state index in [0.717, 1.165) is 32.4 Å². The van der Waals surface area contributed by atoms with Crippen molar-refractivity contribution >= 4 is 40.7 Å². The Kier molecular flexibility index (Phi) is 7.48. The van der Waals surface area contributed by atoms with Gasteiger partial charge in [-0.3, -0.25) is 14.4 Å². The Balaban J connectivity index is 1.44. The molecule has 0 saturated carbocycles. The zero-order valence-corrected chi connectivity index (χ0v) is 19.5. The smallest absolute Gasteiger partial charge is 0.262 e. The molecule has 3 heterocycles. The number of hydrogen-bond donors (Lipinski definition) is 1. The summed E-state index contributed by atoms with van der Waals surface area (Å²) in [7, 11) is 0. The SMILES string of the molecule is O=C(NC(C(=O)N1CCCCC1)C1CCN(C(=O)c2ccc(Cl)cc2)CC1)c1cccs1. The third-order valence-corrected chi connectivity index (χ3v) is 7.48. The number of likely N-dealkylation sites (tertiary alicyclic amines) is 2. The molecule has 2 aromatic rings. The van der Waals surface area contributed by atoms with E-state index in [2.05, 4.69) is 5.32 Å². The number of nitrogens with zero attached hydrogens (tertiary/aromatic N) is 2. The van der Waals surface area contributed by atoms with Crippen LogP contribution in [-0.2, 0) is 4.79 Å². The highest BCUT2D eigenvalue weighted by molar-refractivity contribution is 7.12. The Morgan fingerprint density at radius 3 is 2.25 bits per heavy atom. The molecule has 1 N–H and O–H groups in total. The fourth-order valence-corrected chi connectivity index (χ4v) is 5.28. The molecule has 2 fully saturated rings. The van der Waals surface area contributed by atoms with Crippen molar-refractivity contribution in [1.29, 1.82) is 0 Å². The summed E-state index contributed by atoms with van der Waals surface area (Å²) in [5, 5.41) is 5.49. The number of amides is 3. The van der Waals surface area contributed by atoms with E-state index in [1.165, 1.54) is 11.3 Å². The van der Waals surface area contributed by atoms with E-state index in [-0.39, 0.29) is 23.6 Å². The van der Waals surface area contributed by atoms with Crippen LogP contribution in [0.15, 0.2) is 41.8 Å². The second-order valence-electron chi connectivity index (χ2n) is 8.45. The Bertz CT molecular complexity index is 934. The standard InChI is InChI=1S/C24H28ClN3O3S/c25-19-8-6-18(7-9-19)23(30)28-14-10-17(11-15-28)21(24(31)27-12-2-1-3-13-27)26-22(29)20-5-4-16-32-20/h4-9,16-17,21H,1-3,10-15H2,(H,26,29). The Morgan fingerprint density at radius 2 is 1.62 bits per heavy atom. The molecule has 6 nitrogen and oxygen atoms in total. The summed E-state index contributed by atoms with van der Waals surface area (Å²) in [6, 6.07) is 9.96. The molecular weight excluding hydrogens is 446 g/mol. The molecular formula is C24H28ClN3O3S. The molecule has 0 spiro atoms. The molecule has 1 atom stereocenters. The maximum atomic E-state index is 13.4. The first-order valence-electron chi connectivity index (χ1n) is 11.2. The minimum Gasteiger partial charge on any atom is -0.341 e. The van der Waals surface area contributed by atoms with Crippen LogP contribution < -0.4 is 5.32 Å². The number of hydrogen-bond acceptors (Lipinski definition) is 4. The number of carbonyl (C=O) groups is 3. The van der Waals surface area contributed by atoms with E-state index in [0.29, 0.717) is 41.4 Å². The van der Waals surface area contributed by atoms with Crippen LogP contribution in [0.1, 0.15) is 52.1 Å². The van der Waals surface area contributed by atoms with E-state index in [4.69, 9.17) is 11.6 Å².